The Balaban J connectivity index is 1.37. The maximum absolute atomic E-state index is 12.4. The van der Waals surface area contributed by atoms with E-state index in [4.69, 9.17) is 11.6 Å². The zero-order chi connectivity index (χ0) is 19.1. The van der Waals surface area contributed by atoms with Crippen molar-refractivity contribution < 1.29 is 9.59 Å². The highest BCUT2D eigenvalue weighted by Gasteiger charge is 2.21. The molecule has 0 aliphatic carbocycles. The average Bonchev–Trinajstić information content (AvgIpc) is 2.69. The lowest BCUT2D eigenvalue weighted by Crippen LogP contribution is -2.49. The highest BCUT2D eigenvalue weighted by Crippen LogP contribution is 2.21. The largest absolute Gasteiger partial charge is 0.368 e. The summed E-state index contributed by atoms with van der Waals surface area (Å²) in [6.45, 7) is 2.93. The number of thioether (sulfide) groups is 1. The average molecular weight is 404 g/mol. The van der Waals surface area contributed by atoms with E-state index in [0.717, 1.165) is 29.5 Å². The molecule has 2 amide bonds. The SMILES string of the molecule is O=C(CSCC(=O)N1CCN(c2cccc(Cl)c2)CC1)Nc1ccccc1. The molecule has 0 bridgehead atoms. The van der Waals surface area contributed by atoms with Gasteiger partial charge in [0.2, 0.25) is 11.8 Å². The van der Waals surface area contributed by atoms with Crippen molar-refractivity contribution >= 4 is 46.6 Å². The summed E-state index contributed by atoms with van der Waals surface area (Å²) < 4.78 is 0. The van der Waals surface area contributed by atoms with Crippen molar-refractivity contribution in [3.8, 4) is 0 Å². The second-order valence-electron chi connectivity index (χ2n) is 6.25. The topological polar surface area (TPSA) is 52.7 Å². The summed E-state index contributed by atoms with van der Waals surface area (Å²) in [5.74, 6) is 0.575. The number of rotatable bonds is 6. The first-order valence-corrected chi connectivity index (χ1v) is 10.4. The van der Waals surface area contributed by atoms with Crippen molar-refractivity contribution in [1.29, 1.82) is 0 Å². The van der Waals surface area contributed by atoms with Gasteiger partial charge in [-0.2, -0.15) is 0 Å². The molecule has 0 unspecified atom stereocenters. The number of benzene rings is 2. The Morgan fingerprint density at radius 2 is 1.70 bits per heavy atom. The Morgan fingerprint density at radius 1 is 0.963 bits per heavy atom. The molecule has 1 aliphatic heterocycles. The third-order valence-corrected chi connectivity index (χ3v) is 5.47. The van der Waals surface area contributed by atoms with Crippen LogP contribution in [-0.4, -0.2) is 54.4 Å². The standard InChI is InChI=1S/C20H22ClN3O2S/c21-16-5-4-8-18(13-16)23-9-11-24(12-10-23)20(26)15-27-14-19(25)22-17-6-2-1-3-7-17/h1-8,13H,9-12,14-15H2,(H,22,25). The molecule has 0 saturated carbocycles. The smallest absolute Gasteiger partial charge is 0.234 e. The van der Waals surface area contributed by atoms with Crippen LogP contribution < -0.4 is 10.2 Å². The third kappa shape index (κ3) is 5.91. The number of anilines is 2. The quantitative estimate of drug-likeness (QED) is 0.803. The van der Waals surface area contributed by atoms with E-state index in [0.29, 0.717) is 18.8 Å². The second kappa shape index (κ2) is 9.67. The van der Waals surface area contributed by atoms with Crippen LogP contribution in [0.3, 0.4) is 0 Å². The fraction of sp³-hybridized carbons (Fsp3) is 0.300. The zero-order valence-electron chi connectivity index (χ0n) is 14.9. The van der Waals surface area contributed by atoms with E-state index in [1.54, 1.807) is 0 Å². The first-order valence-electron chi connectivity index (χ1n) is 8.83. The van der Waals surface area contributed by atoms with E-state index in [-0.39, 0.29) is 17.6 Å². The number of carbonyl (C=O) groups excluding carboxylic acids is 2. The van der Waals surface area contributed by atoms with Crippen molar-refractivity contribution in [3.63, 3.8) is 0 Å². The van der Waals surface area contributed by atoms with Gasteiger partial charge in [-0.05, 0) is 30.3 Å². The summed E-state index contributed by atoms with van der Waals surface area (Å²) in [5.41, 5.74) is 1.85. The van der Waals surface area contributed by atoms with Gasteiger partial charge in [0.25, 0.3) is 0 Å². The molecular weight excluding hydrogens is 382 g/mol. The van der Waals surface area contributed by atoms with Crippen molar-refractivity contribution in [1.82, 2.24) is 4.90 Å². The van der Waals surface area contributed by atoms with Crippen molar-refractivity contribution in [2.24, 2.45) is 0 Å². The molecule has 1 fully saturated rings. The fourth-order valence-corrected chi connectivity index (χ4v) is 3.83. The van der Waals surface area contributed by atoms with Crippen molar-refractivity contribution in [2.75, 3.05) is 47.9 Å². The van der Waals surface area contributed by atoms with Gasteiger partial charge in [0.1, 0.15) is 0 Å². The van der Waals surface area contributed by atoms with Gasteiger partial charge >= 0.3 is 0 Å². The number of amides is 2. The molecule has 0 atom stereocenters. The number of nitrogens with zero attached hydrogens (tertiary/aromatic N) is 2. The number of piperazine rings is 1. The molecule has 1 heterocycles. The minimum absolute atomic E-state index is 0.0817. The van der Waals surface area contributed by atoms with E-state index in [1.807, 2.05) is 59.5 Å². The molecule has 0 radical (unpaired) electrons. The lowest BCUT2D eigenvalue weighted by atomic mass is 10.2. The number of nitrogens with one attached hydrogen (secondary N) is 1. The van der Waals surface area contributed by atoms with Gasteiger partial charge in [0.15, 0.2) is 0 Å². The predicted octanol–water partition coefficient (Wildman–Crippen LogP) is 3.36. The molecule has 5 nitrogen and oxygen atoms in total. The van der Waals surface area contributed by atoms with Crippen molar-refractivity contribution in [3.05, 3.63) is 59.6 Å². The normalized spacial score (nSPS) is 14.1. The Hall–Kier alpha value is -2.18. The summed E-state index contributed by atoms with van der Waals surface area (Å²) in [7, 11) is 0. The van der Waals surface area contributed by atoms with Gasteiger partial charge in [-0.15, -0.1) is 11.8 Å². The summed E-state index contributed by atoms with van der Waals surface area (Å²) in [6.07, 6.45) is 0. The number of para-hydroxylation sites is 1. The monoisotopic (exact) mass is 403 g/mol. The highest BCUT2D eigenvalue weighted by molar-refractivity contribution is 8.00. The Bertz CT molecular complexity index is 780. The minimum atomic E-state index is -0.0928. The van der Waals surface area contributed by atoms with Crippen LogP contribution in [0.5, 0.6) is 0 Å². The molecule has 27 heavy (non-hydrogen) atoms. The number of carbonyl (C=O) groups is 2. The maximum Gasteiger partial charge on any atom is 0.234 e. The molecule has 1 aliphatic rings. The number of hydrogen-bond acceptors (Lipinski definition) is 4. The van der Waals surface area contributed by atoms with Crippen LogP contribution in [0.4, 0.5) is 11.4 Å². The van der Waals surface area contributed by atoms with Crippen LogP contribution in [0.25, 0.3) is 0 Å². The molecule has 0 spiro atoms. The molecule has 1 saturated heterocycles. The van der Waals surface area contributed by atoms with E-state index >= 15 is 0 Å². The zero-order valence-corrected chi connectivity index (χ0v) is 16.5. The minimum Gasteiger partial charge on any atom is -0.368 e. The van der Waals surface area contributed by atoms with Crippen LogP contribution in [0.2, 0.25) is 5.02 Å². The fourth-order valence-electron chi connectivity index (χ4n) is 2.93. The summed E-state index contributed by atoms with van der Waals surface area (Å²) in [6, 6.07) is 17.1. The van der Waals surface area contributed by atoms with Crippen LogP contribution in [-0.2, 0) is 9.59 Å². The van der Waals surface area contributed by atoms with Gasteiger partial charge < -0.3 is 15.1 Å². The second-order valence-corrected chi connectivity index (χ2v) is 7.68. The van der Waals surface area contributed by atoms with Crippen LogP contribution in [0, 0.1) is 0 Å². The lowest BCUT2D eigenvalue weighted by molar-refractivity contribution is -0.128. The molecule has 7 heteroatoms. The Morgan fingerprint density at radius 3 is 2.41 bits per heavy atom. The van der Waals surface area contributed by atoms with E-state index < -0.39 is 0 Å². The highest BCUT2D eigenvalue weighted by atomic mass is 35.5. The first-order chi connectivity index (χ1) is 13.1. The molecule has 3 rings (SSSR count). The number of hydrogen-bond donors (Lipinski definition) is 1. The number of halogens is 1. The van der Waals surface area contributed by atoms with Crippen LogP contribution in [0.1, 0.15) is 0 Å². The Labute approximate surface area is 168 Å². The maximum atomic E-state index is 12.4. The molecule has 2 aromatic carbocycles. The molecule has 142 valence electrons. The van der Waals surface area contributed by atoms with E-state index in [2.05, 4.69) is 10.2 Å². The third-order valence-electron chi connectivity index (χ3n) is 4.32. The van der Waals surface area contributed by atoms with Gasteiger partial charge in [-0.1, -0.05) is 35.9 Å². The van der Waals surface area contributed by atoms with Crippen molar-refractivity contribution in [2.45, 2.75) is 0 Å². The van der Waals surface area contributed by atoms with Crippen LogP contribution >= 0.6 is 23.4 Å². The Kier molecular flexibility index (Phi) is 7.01. The first kappa shape index (κ1) is 19.6. The van der Waals surface area contributed by atoms with E-state index in [9.17, 15) is 9.59 Å². The summed E-state index contributed by atoms with van der Waals surface area (Å²) in [4.78, 5) is 28.4. The molecular formula is C20H22ClN3O2S. The van der Waals surface area contributed by atoms with Gasteiger partial charge in [0, 0.05) is 42.6 Å². The van der Waals surface area contributed by atoms with Gasteiger partial charge in [0.05, 0.1) is 11.5 Å². The van der Waals surface area contributed by atoms with Gasteiger partial charge in [-0.25, -0.2) is 0 Å². The summed E-state index contributed by atoms with van der Waals surface area (Å²) in [5, 5.41) is 3.54. The summed E-state index contributed by atoms with van der Waals surface area (Å²) >= 11 is 7.40. The molecule has 0 aromatic heterocycles. The van der Waals surface area contributed by atoms with Gasteiger partial charge in [-0.3, -0.25) is 9.59 Å². The lowest BCUT2D eigenvalue weighted by Gasteiger charge is -2.36. The van der Waals surface area contributed by atoms with E-state index in [1.165, 1.54) is 11.8 Å². The molecule has 1 N–H and O–H groups in total. The molecule has 2 aromatic rings. The van der Waals surface area contributed by atoms with Crippen LogP contribution in [0.15, 0.2) is 54.6 Å². The predicted molar refractivity (Wildman–Crippen MR) is 113 cm³/mol.